The van der Waals surface area contributed by atoms with Gasteiger partial charge in [0.2, 0.25) is 0 Å². The Labute approximate surface area is 225 Å². The van der Waals surface area contributed by atoms with Gasteiger partial charge in [-0.15, -0.1) is 0 Å². The van der Waals surface area contributed by atoms with E-state index in [-0.39, 0.29) is 34.2 Å². The lowest BCUT2D eigenvalue weighted by atomic mass is 9.94. The summed E-state index contributed by atoms with van der Waals surface area (Å²) in [6.45, 7) is 0.233. The molecular formula is C29H28ClNO7. The third-order valence-corrected chi connectivity index (χ3v) is 6.77. The standard InChI is InChI=1S/C29H28ClNO7/c1-35-19-10-8-17(9-11-19)12-13-31-26(18-6-5-7-20(14-18)36-2)25(28(33)29(31)34)27(32)21-15-24(38-4)22(30)16-23(21)37-3/h5-11,14-16,26,32H,12-13H2,1-4H3/b27-25+. The minimum absolute atomic E-state index is 0.0688. The number of nitrogens with zero attached hydrogens (tertiary/aromatic N) is 1. The molecule has 1 aliphatic heterocycles. The number of Topliss-reactive ketones (excluding diaryl/α,β-unsaturated/α-hetero) is 1. The molecule has 1 saturated heterocycles. The summed E-state index contributed by atoms with van der Waals surface area (Å²) < 4.78 is 21.3. The Hall–Kier alpha value is -4.17. The number of rotatable bonds is 9. The van der Waals surface area contributed by atoms with Crippen LogP contribution in [0.5, 0.6) is 23.0 Å². The van der Waals surface area contributed by atoms with Crippen molar-refractivity contribution >= 4 is 29.1 Å². The van der Waals surface area contributed by atoms with Crippen LogP contribution in [0.25, 0.3) is 5.76 Å². The van der Waals surface area contributed by atoms with E-state index in [2.05, 4.69) is 0 Å². The molecule has 1 N–H and O–H groups in total. The van der Waals surface area contributed by atoms with Gasteiger partial charge in [-0.3, -0.25) is 9.59 Å². The summed E-state index contributed by atoms with van der Waals surface area (Å²) in [5.41, 5.74) is 1.68. The molecule has 4 rings (SSSR count). The zero-order valence-electron chi connectivity index (χ0n) is 21.5. The zero-order valence-corrected chi connectivity index (χ0v) is 22.2. The van der Waals surface area contributed by atoms with Crippen molar-refractivity contribution in [3.8, 4) is 23.0 Å². The Morgan fingerprint density at radius 2 is 1.55 bits per heavy atom. The van der Waals surface area contributed by atoms with E-state index in [9.17, 15) is 14.7 Å². The molecule has 1 atom stereocenters. The van der Waals surface area contributed by atoms with Crippen LogP contribution in [0.15, 0.2) is 66.2 Å². The van der Waals surface area contributed by atoms with E-state index in [0.717, 1.165) is 11.3 Å². The number of ketones is 1. The maximum Gasteiger partial charge on any atom is 0.295 e. The van der Waals surface area contributed by atoms with Gasteiger partial charge in [0, 0.05) is 12.6 Å². The molecule has 9 heteroatoms. The molecule has 3 aromatic rings. The van der Waals surface area contributed by atoms with E-state index in [1.54, 1.807) is 31.4 Å². The Balaban J connectivity index is 1.83. The molecule has 0 saturated carbocycles. The summed E-state index contributed by atoms with van der Waals surface area (Å²) in [4.78, 5) is 28.2. The number of amides is 1. The highest BCUT2D eigenvalue weighted by Crippen LogP contribution is 2.43. The summed E-state index contributed by atoms with van der Waals surface area (Å²) in [6.07, 6.45) is 0.482. The van der Waals surface area contributed by atoms with Gasteiger partial charge < -0.3 is 29.0 Å². The van der Waals surface area contributed by atoms with Crippen LogP contribution in [0.2, 0.25) is 5.02 Å². The molecule has 38 heavy (non-hydrogen) atoms. The second-order valence-electron chi connectivity index (χ2n) is 8.55. The highest BCUT2D eigenvalue weighted by molar-refractivity contribution is 6.46. The predicted molar refractivity (Wildman–Crippen MR) is 143 cm³/mol. The molecule has 3 aromatic carbocycles. The first-order valence-electron chi connectivity index (χ1n) is 11.8. The monoisotopic (exact) mass is 537 g/mol. The maximum absolute atomic E-state index is 13.4. The number of ether oxygens (including phenoxy) is 4. The van der Waals surface area contributed by atoms with Crippen molar-refractivity contribution in [3.63, 3.8) is 0 Å². The number of hydrogen-bond donors (Lipinski definition) is 1. The lowest BCUT2D eigenvalue weighted by Crippen LogP contribution is -2.31. The highest BCUT2D eigenvalue weighted by atomic mass is 35.5. The molecule has 0 radical (unpaired) electrons. The van der Waals surface area contributed by atoms with E-state index < -0.39 is 23.5 Å². The van der Waals surface area contributed by atoms with E-state index in [1.807, 2.05) is 24.3 Å². The van der Waals surface area contributed by atoms with Crippen molar-refractivity contribution < 1.29 is 33.6 Å². The third-order valence-electron chi connectivity index (χ3n) is 6.48. The van der Waals surface area contributed by atoms with Gasteiger partial charge in [0.05, 0.1) is 50.6 Å². The lowest BCUT2D eigenvalue weighted by Gasteiger charge is -2.26. The van der Waals surface area contributed by atoms with Crippen LogP contribution < -0.4 is 18.9 Å². The Bertz CT molecular complexity index is 1380. The smallest absolute Gasteiger partial charge is 0.295 e. The van der Waals surface area contributed by atoms with Gasteiger partial charge in [0.1, 0.15) is 28.8 Å². The summed E-state index contributed by atoms with van der Waals surface area (Å²) in [7, 11) is 5.98. The summed E-state index contributed by atoms with van der Waals surface area (Å²) in [5, 5.41) is 11.8. The molecule has 0 aliphatic carbocycles. The van der Waals surface area contributed by atoms with Crippen molar-refractivity contribution in [3.05, 3.63) is 87.9 Å². The van der Waals surface area contributed by atoms with Crippen LogP contribution in [0, 0.1) is 0 Å². The SMILES string of the molecule is COc1ccc(CCN2C(=O)C(=O)/C(=C(/O)c3cc(OC)c(Cl)cc3OC)C2c2cccc(OC)c2)cc1. The second kappa shape index (κ2) is 11.5. The predicted octanol–water partition coefficient (Wildman–Crippen LogP) is 5.04. The maximum atomic E-state index is 13.4. The van der Waals surface area contributed by atoms with Crippen molar-refractivity contribution in [2.24, 2.45) is 0 Å². The molecule has 198 valence electrons. The number of methoxy groups -OCH3 is 4. The number of carbonyl (C=O) groups is 2. The fourth-order valence-electron chi connectivity index (χ4n) is 4.50. The zero-order chi connectivity index (χ0) is 27.4. The van der Waals surface area contributed by atoms with Crippen LogP contribution in [-0.4, -0.2) is 56.7 Å². The molecular weight excluding hydrogens is 510 g/mol. The number of likely N-dealkylation sites (tertiary alicyclic amines) is 1. The van der Waals surface area contributed by atoms with Gasteiger partial charge >= 0.3 is 0 Å². The van der Waals surface area contributed by atoms with Crippen LogP contribution in [0.4, 0.5) is 0 Å². The summed E-state index contributed by atoms with van der Waals surface area (Å²) in [6, 6.07) is 16.6. The fraction of sp³-hybridized carbons (Fsp3) is 0.241. The average Bonchev–Trinajstić information content (AvgIpc) is 3.20. The normalized spacial score (nSPS) is 16.4. The molecule has 1 unspecified atom stereocenters. The minimum atomic E-state index is -0.866. The first-order chi connectivity index (χ1) is 18.3. The molecule has 0 aromatic heterocycles. The van der Waals surface area contributed by atoms with Gasteiger partial charge in [-0.05, 0) is 47.9 Å². The van der Waals surface area contributed by atoms with Crippen molar-refractivity contribution in [1.29, 1.82) is 0 Å². The average molecular weight is 538 g/mol. The molecule has 1 heterocycles. The number of aliphatic hydroxyl groups excluding tert-OH is 1. The molecule has 8 nitrogen and oxygen atoms in total. The Morgan fingerprint density at radius 3 is 2.18 bits per heavy atom. The highest BCUT2D eigenvalue weighted by Gasteiger charge is 2.46. The summed E-state index contributed by atoms with van der Waals surface area (Å²) in [5.74, 6) is -0.140. The minimum Gasteiger partial charge on any atom is -0.507 e. The first-order valence-corrected chi connectivity index (χ1v) is 12.2. The van der Waals surface area contributed by atoms with Gasteiger partial charge in [0.25, 0.3) is 11.7 Å². The van der Waals surface area contributed by atoms with Crippen LogP contribution in [0.3, 0.4) is 0 Å². The fourth-order valence-corrected chi connectivity index (χ4v) is 4.73. The topological polar surface area (TPSA) is 94.5 Å². The van der Waals surface area contributed by atoms with Crippen molar-refractivity contribution in [2.45, 2.75) is 12.5 Å². The van der Waals surface area contributed by atoms with Gasteiger partial charge in [-0.25, -0.2) is 0 Å². The largest absolute Gasteiger partial charge is 0.507 e. The number of hydrogen-bond acceptors (Lipinski definition) is 7. The van der Waals surface area contributed by atoms with Crippen LogP contribution >= 0.6 is 11.6 Å². The van der Waals surface area contributed by atoms with Gasteiger partial charge in [-0.2, -0.15) is 0 Å². The molecule has 0 bridgehead atoms. The Morgan fingerprint density at radius 1 is 0.868 bits per heavy atom. The quantitative estimate of drug-likeness (QED) is 0.232. The van der Waals surface area contributed by atoms with E-state index in [0.29, 0.717) is 17.7 Å². The Kier molecular flexibility index (Phi) is 8.12. The van der Waals surface area contributed by atoms with E-state index >= 15 is 0 Å². The van der Waals surface area contributed by atoms with E-state index in [4.69, 9.17) is 30.5 Å². The number of halogens is 1. The van der Waals surface area contributed by atoms with Crippen LogP contribution in [0.1, 0.15) is 22.7 Å². The number of benzene rings is 3. The van der Waals surface area contributed by atoms with Crippen LogP contribution in [-0.2, 0) is 16.0 Å². The van der Waals surface area contributed by atoms with Crippen molar-refractivity contribution in [1.82, 2.24) is 4.90 Å². The van der Waals surface area contributed by atoms with Gasteiger partial charge in [-0.1, -0.05) is 35.9 Å². The number of carbonyl (C=O) groups excluding carboxylic acids is 2. The first kappa shape index (κ1) is 26.9. The molecule has 1 amide bonds. The van der Waals surface area contributed by atoms with E-state index in [1.165, 1.54) is 38.4 Å². The number of aliphatic hydroxyl groups is 1. The molecule has 1 fully saturated rings. The lowest BCUT2D eigenvalue weighted by molar-refractivity contribution is -0.139. The summed E-state index contributed by atoms with van der Waals surface area (Å²) >= 11 is 6.24. The third kappa shape index (κ3) is 5.13. The molecule has 0 spiro atoms. The van der Waals surface area contributed by atoms with Gasteiger partial charge in [0.15, 0.2) is 0 Å². The second-order valence-corrected chi connectivity index (χ2v) is 8.96. The van der Waals surface area contributed by atoms with Crippen molar-refractivity contribution in [2.75, 3.05) is 35.0 Å². The molecule has 1 aliphatic rings.